The molecule has 0 spiro atoms. The Morgan fingerprint density at radius 1 is 1.16 bits per heavy atom. The third-order valence-electron chi connectivity index (χ3n) is 4.37. The first kappa shape index (κ1) is 24.2. The van der Waals surface area contributed by atoms with Crippen LogP contribution in [-0.2, 0) is 14.3 Å². The minimum atomic E-state index is -1.05. The lowest BCUT2D eigenvalue weighted by atomic mass is 9.99. The molecule has 0 radical (unpaired) electrons. The zero-order chi connectivity index (χ0) is 22.8. The Hall–Kier alpha value is -3.04. The van der Waals surface area contributed by atoms with Gasteiger partial charge in [-0.15, -0.1) is 0 Å². The van der Waals surface area contributed by atoms with Gasteiger partial charge >= 0.3 is 12.1 Å². The van der Waals surface area contributed by atoms with Crippen LogP contribution in [-0.4, -0.2) is 42.6 Å². The fourth-order valence-corrected chi connectivity index (χ4v) is 3.14. The molecule has 0 fully saturated rings. The van der Waals surface area contributed by atoms with Crippen LogP contribution in [0.2, 0.25) is 0 Å². The van der Waals surface area contributed by atoms with Gasteiger partial charge in [-0.2, -0.15) is 0 Å². The molecule has 9 heteroatoms. The largest absolute Gasteiger partial charge is 0.504 e. The van der Waals surface area contributed by atoms with Crippen LogP contribution in [0.1, 0.15) is 24.5 Å². The Morgan fingerprint density at radius 3 is 2.45 bits per heavy atom. The fourth-order valence-electron chi connectivity index (χ4n) is 2.88. The molecular formula is C22H24BrNO7. The molecule has 0 aromatic heterocycles. The van der Waals surface area contributed by atoms with Crippen LogP contribution in [0.5, 0.6) is 11.5 Å². The van der Waals surface area contributed by atoms with E-state index in [2.05, 4.69) is 21.2 Å². The van der Waals surface area contributed by atoms with Crippen LogP contribution < -0.4 is 10.1 Å². The van der Waals surface area contributed by atoms with Crippen molar-refractivity contribution in [3.8, 4) is 11.5 Å². The van der Waals surface area contributed by atoms with Gasteiger partial charge in [0.1, 0.15) is 0 Å². The van der Waals surface area contributed by atoms with Crippen LogP contribution in [0.25, 0.3) is 0 Å². The van der Waals surface area contributed by atoms with E-state index < -0.39 is 24.3 Å². The molecule has 166 valence electrons. The minimum Gasteiger partial charge on any atom is -0.504 e. The molecule has 2 atom stereocenters. The molecular weight excluding hydrogens is 470 g/mol. The number of aliphatic carboxylic acids is 1. The number of carboxylic acid groups (broad SMARTS) is 1. The number of carbonyl (C=O) groups is 2. The molecule has 0 saturated carbocycles. The third-order valence-corrected chi connectivity index (χ3v) is 4.90. The van der Waals surface area contributed by atoms with Gasteiger partial charge in [-0.3, -0.25) is 5.32 Å². The maximum Gasteiger partial charge on any atom is 0.412 e. The molecule has 0 bridgehead atoms. The number of rotatable bonds is 10. The zero-order valence-corrected chi connectivity index (χ0v) is 18.7. The number of allylic oxidation sites excluding steroid dienone is 1. The first-order chi connectivity index (χ1) is 14.8. The zero-order valence-electron chi connectivity index (χ0n) is 17.1. The van der Waals surface area contributed by atoms with Crippen LogP contribution in [0.4, 0.5) is 10.5 Å². The molecule has 8 nitrogen and oxygen atoms in total. The highest BCUT2D eigenvalue weighted by Crippen LogP contribution is 2.33. The second-order valence-electron chi connectivity index (χ2n) is 6.48. The number of methoxy groups -OCH3 is 2. The molecule has 0 saturated heterocycles. The molecule has 0 aliphatic rings. The summed E-state index contributed by atoms with van der Waals surface area (Å²) in [5, 5.41) is 21.6. The van der Waals surface area contributed by atoms with E-state index in [-0.39, 0.29) is 11.5 Å². The number of anilines is 1. The van der Waals surface area contributed by atoms with E-state index in [4.69, 9.17) is 19.3 Å². The average molecular weight is 494 g/mol. The Kier molecular flexibility index (Phi) is 9.36. The van der Waals surface area contributed by atoms with E-state index in [1.165, 1.54) is 26.4 Å². The topological polar surface area (TPSA) is 114 Å². The summed E-state index contributed by atoms with van der Waals surface area (Å²) in [5.74, 6) is -0.876. The molecule has 0 unspecified atom stereocenters. The summed E-state index contributed by atoms with van der Waals surface area (Å²) in [5.41, 5.74) is 1.04. The van der Waals surface area contributed by atoms with Crippen molar-refractivity contribution < 1.29 is 34.0 Å². The molecule has 1 amide bonds. The number of hydrogen-bond acceptors (Lipinski definition) is 6. The second kappa shape index (κ2) is 12.0. The highest BCUT2D eigenvalue weighted by Gasteiger charge is 2.28. The second-order valence-corrected chi connectivity index (χ2v) is 7.40. The molecule has 2 rings (SSSR count). The highest BCUT2D eigenvalue weighted by atomic mass is 79.9. The minimum absolute atomic E-state index is 0.109. The number of carboxylic acids is 1. The van der Waals surface area contributed by atoms with Gasteiger partial charge in [0.2, 0.25) is 0 Å². The highest BCUT2D eigenvalue weighted by molar-refractivity contribution is 9.10. The van der Waals surface area contributed by atoms with Gasteiger partial charge in [-0.25, -0.2) is 9.59 Å². The summed E-state index contributed by atoms with van der Waals surface area (Å²) in [6, 6.07) is 11.6. The normalized spacial score (nSPS) is 12.9. The lowest BCUT2D eigenvalue weighted by molar-refractivity contribution is -0.131. The smallest absolute Gasteiger partial charge is 0.412 e. The molecule has 31 heavy (non-hydrogen) atoms. The van der Waals surface area contributed by atoms with E-state index in [0.29, 0.717) is 24.1 Å². The Morgan fingerprint density at radius 2 is 1.87 bits per heavy atom. The number of amides is 1. The summed E-state index contributed by atoms with van der Waals surface area (Å²) >= 11 is 3.33. The summed E-state index contributed by atoms with van der Waals surface area (Å²) in [4.78, 5) is 23.2. The predicted octanol–water partition coefficient (Wildman–Crippen LogP) is 4.89. The Bertz CT molecular complexity index is 915. The van der Waals surface area contributed by atoms with Crippen molar-refractivity contribution in [2.24, 2.45) is 0 Å². The van der Waals surface area contributed by atoms with Crippen LogP contribution in [0, 0.1) is 0 Å². The van der Waals surface area contributed by atoms with Gasteiger partial charge < -0.3 is 24.4 Å². The molecule has 2 aromatic carbocycles. The first-order valence-electron chi connectivity index (χ1n) is 9.36. The van der Waals surface area contributed by atoms with Crippen molar-refractivity contribution in [2.45, 2.75) is 25.0 Å². The number of halogens is 1. The number of nitrogens with one attached hydrogen (secondary N) is 1. The van der Waals surface area contributed by atoms with Crippen molar-refractivity contribution in [3.05, 3.63) is 64.7 Å². The van der Waals surface area contributed by atoms with E-state index >= 15 is 0 Å². The standard InChI is InChI=1S/C22H24BrNO7/c1-29-18-12-7-14(13-17(18)25)21(19(30-2)5-3-4-6-20(26)27)31-22(28)24-16-10-8-15(23)9-11-16/h4,6-13,19,21,25H,3,5H2,1-2H3,(H,24,28)(H,26,27)/b6-4+/t19-,21-/m1/s1. The van der Waals surface area contributed by atoms with Gasteiger partial charge in [0.15, 0.2) is 17.6 Å². The fraction of sp³-hybridized carbons (Fsp3) is 0.273. The lowest BCUT2D eigenvalue weighted by Gasteiger charge is -2.26. The van der Waals surface area contributed by atoms with Gasteiger partial charge in [0, 0.05) is 23.3 Å². The molecule has 2 aromatic rings. The summed E-state index contributed by atoms with van der Waals surface area (Å²) < 4.78 is 17.1. The monoisotopic (exact) mass is 493 g/mol. The average Bonchev–Trinajstić information content (AvgIpc) is 2.74. The number of phenolic OH excluding ortho intramolecular Hbond substituents is 1. The van der Waals surface area contributed by atoms with Crippen LogP contribution in [0.15, 0.2) is 59.1 Å². The van der Waals surface area contributed by atoms with Gasteiger partial charge in [0.25, 0.3) is 0 Å². The first-order valence-corrected chi connectivity index (χ1v) is 10.2. The summed E-state index contributed by atoms with van der Waals surface area (Å²) in [6.07, 6.45) is 1.15. The van der Waals surface area contributed by atoms with Crippen molar-refractivity contribution in [2.75, 3.05) is 19.5 Å². The van der Waals surface area contributed by atoms with E-state index in [9.17, 15) is 14.7 Å². The van der Waals surface area contributed by atoms with Gasteiger partial charge in [-0.05, 0) is 54.8 Å². The SMILES string of the molecule is COc1ccc([C@@H](OC(=O)Nc2ccc(Br)cc2)[C@@H](CC/C=C/C(=O)O)OC)cc1O. The van der Waals surface area contributed by atoms with E-state index in [1.54, 1.807) is 36.4 Å². The molecule has 0 aliphatic heterocycles. The van der Waals surface area contributed by atoms with Gasteiger partial charge in [0.05, 0.1) is 13.2 Å². The molecule has 0 aliphatic carbocycles. The molecule has 0 heterocycles. The van der Waals surface area contributed by atoms with Crippen molar-refractivity contribution in [1.29, 1.82) is 0 Å². The van der Waals surface area contributed by atoms with Crippen molar-refractivity contribution in [3.63, 3.8) is 0 Å². The van der Waals surface area contributed by atoms with Crippen LogP contribution >= 0.6 is 15.9 Å². The van der Waals surface area contributed by atoms with E-state index in [0.717, 1.165) is 10.5 Å². The van der Waals surface area contributed by atoms with Crippen LogP contribution in [0.3, 0.4) is 0 Å². The van der Waals surface area contributed by atoms with E-state index in [1.807, 2.05) is 0 Å². The number of ether oxygens (including phenoxy) is 3. The Balaban J connectivity index is 2.22. The summed E-state index contributed by atoms with van der Waals surface area (Å²) in [6.45, 7) is 0. The maximum atomic E-state index is 12.5. The van der Waals surface area contributed by atoms with Crippen molar-refractivity contribution >= 4 is 33.7 Å². The lowest BCUT2D eigenvalue weighted by Crippen LogP contribution is -2.28. The third kappa shape index (κ3) is 7.62. The maximum absolute atomic E-state index is 12.5. The quantitative estimate of drug-likeness (QED) is 0.403. The van der Waals surface area contributed by atoms with Crippen molar-refractivity contribution in [1.82, 2.24) is 0 Å². The number of phenols is 1. The molecule has 3 N–H and O–H groups in total. The number of benzene rings is 2. The predicted molar refractivity (Wildman–Crippen MR) is 118 cm³/mol. The Labute approximate surface area is 188 Å². The number of carbonyl (C=O) groups excluding carboxylic acids is 1. The number of aromatic hydroxyl groups is 1. The van der Waals surface area contributed by atoms with Gasteiger partial charge in [-0.1, -0.05) is 28.1 Å². The number of hydrogen-bond donors (Lipinski definition) is 3. The summed E-state index contributed by atoms with van der Waals surface area (Å²) in [7, 11) is 2.90.